The first-order chi connectivity index (χ1) is 14.3. The monoisotopic (exact) mass is 465 g/mol. The zero-order chi connectivity index (χ0) is 23.0. The van der Waals surface area contributed by atoms with Crippen LogP contribution in [0, 0.1) is 5.92 Å². The van der Waals surface area contributed by atoms with Crippen LogP contribution < -0.4 is 4.74 Å². The third-order valence-corrected chi connectivity index (χ3v) is 6.69. The molecule has 0 radical (unpaired) electrons. The number of alkyl halides is 3. The van der Waals surface area contributed by atoms with Crippen molar-refractivity contribution >= 4 is 16.1 Å². The molecule has 4 atom stereocenters. The Morgan fingerprint density at radius 2 is 2.00 bits per heavy atom. The van der Waals surface area contributed by atoms with Crippen LogP contribution in [-0.4, -0.2) is 49.1 Å². The highest BCUT2D eigenvalue weighted by Gasteiger charge is 2.51. The third-order valence-electron chi connectivity index (χ3n) is 6.02. The Kier molecular flexibility index (Phi) is 6.60. The molecular weight excluding hydrogens is 441 g/mol. The normalized spacial score (nSPS) is 25.3. The summed E-state index contributed by atoms with van der Waals surface area (Å²) in [6, 6.07) is 2.59. The second-order valence-corrected chi connectivity index (χ2v) is 9.61. The highest BCUT2D eigenvalue weighted by atomic mass is 32.2. The van der Waals surface area contributed by atoms with E-state index in [-0.39, 0.29) is 23.7 Å². The second-order valence-electron chi connectivity index (χ2n) is 8.09. The highest BCUT2D eigenvalue weighted by Crippen LogP contribution is 2.48. The van der Waals surface area contributed by atoms with Crippen molar-refractivity contribution in [2.75, 3.05) is 12.4 Å². The molecule has 0 aliphatic carbocycles. The summed E-state index contributed by atoms with van der Waals surface area (Å²) in [6.07, 6.45) is -1.82. The van der Waals surface area contributed by atoms with Crippen molar-refractivity contribution in [2.24, 2.45) is 5.92 Å². The molecule has 2 saturated heterocycles. The molecule has 11 heteroatoms. The topological polar surface area (TPSA) is 102 Å². The molecule has 4 unspecified atom stereocenters. The van der Waals surface area contributed by atoms with E-state index in [9.17, 15) is 30.9 Å². The number of ether oxygens (including phenoxy) is 3. The van der Waals surface area contributed by atoms with Crippen LogP contribution in [0.4, 0.5) is 13.2 Å². The van der Waals surface area contributed by atoms with E-state index < -0.39 is 51.5 Å². The standard InChI is InChI=1S/C20H25F3O7S/c1-3-19(2,15-11-13-5-7-16(15)29-13)30-17-10-12(4-6-14(17)20(21,22)23)18(24)28-8-9-31(25,26)27/h4,6,10,13,15-16H,3,5,7-9,11H2,1-2H3,(H,25,26,27)/p-1. The van der Waals surface area contributed by atoms with E-state index >= 15 is 0 Å². The van der Waals surface area contributed by atoms with Crippen LogP contribution in [0.2, 0.25) is 0 Å². The van der Waals surface area contributed by atoms with Crippen molar-refractivity contribution < 1.29 is 45.1 Å². The molecule has 0 spiro atoms. The first-order valence-corrected chi connectivity index (χ1v) is 11.6. The molecule has 2 heterocycles. The molecule has 31 heavy (non-hydrogen) atoms. The zero-order valence-corrected chi connectivity index (χ0v) is 17.9. The minimum absolute atomic E-state index is 0.0773. The van der Waals surface area contributed by atoms with Crippen LogP contribution in [0.3, 0.4) is 0 Å². The molecule has 174 valence electrons. The minimum atomic E-state index is -4.71. The van der Waals surface area contributed by atoms with Gasteiger partial charge in [-0.1, -0.05) is 6.92 Å². The van der Waals surface area contributed by atoms with E-state index in [0.717, 1.165) is 31.0 Å². The minimum Gasteiger partial charge on any atom is -0.748 e. The maximum Gasteiger partial charge on any atom is 0.419 e. The Morgan fingerprint density at radius 3 is 2.52 bits per heavy atom. The van der Waals surface area contributed by atoms with E-state index in [0.29, 0.717) is 12.8 Å². The highest BCUT2D eigenvalue weighted by molar-refractivity contribution is 7.85. The largest absolute Gasteiger partial charge is 0.748 e. The lowest BCUT2D eigenvalue weighted by atomic mass is 9.76. The first kappa shape index (κ1) is 23.8. The van der Waals surface area contributed by atoms with Crippen LogP contribution in [-0.2, 0) is 25.8 Å². The number of carbonyl (C=O) groups excluding carboxylic acids is 1. The lowest BCUT2D eigenvalue weighted by molar-refractivity contribution is -0.140. The number of benzene rings is 1. The van der Waals surface area contributed by atoms with Gasteiger partial charge in [-0.05, 0) is 50.8 Å². The quantitative estimate of drug-likeness (QED) is 0.428. The van der Waals surface area contributed by atoms with Crippen LogP contribution in [0.25, 0.3) is 0 Å². The molecule has 3 rings (SSSR count). The van der Waals surface area contributed by atoms with Crippen LogP contribution in [0.15, 0.2) is 18.2 Å². The second kappa shape index (κ2) is 8.59. The van der Waals surface area contributed by atoms with Crippen LogP contribution >= 0.6 is 0 Å². The van der Waals surface area contributed by atoms with E-state index in [1.54, 1.807) is 6.92 Å². The predicted molar refractivity (Wildman–Crippen MR) is 102 cm³/mol. The Labute approximate surface area is 178 Å². The summed E-state index contributed by atoms with van der Waals surface area (Å²) in [4.78, 5) is 12.2. The summed E-state index contributed by atoms with van der Waals surface area (Å²) in [6.45, 7) is 2.86. The molecule has 2 aliphatic heterocycles. The predicted octanol–water partition coefficient (Wildman–Crippen LogP) is 3.52. The van der Waals surface area contributed by atoms with E-state index in [1.807, 2.05) is 6.92 Å². The van der Waals surface area contributed by atoms with Gasteiger partial charge in [-0.15, -0.1) is 0 Å². The van der Waals surface area contributed by atoms with Gasteiger partial charge in [0.05, 0.1) is 39.2 Å². The van der Waals surface area contributed by atoms with Gasteiger partial charge in [-0.25, -0.2) is 13.2 Å². The lowest BCUT2D eigenvalue weighted by Gasteiger charge is -2.39. The zero-order valence-electron chi connectivity index (χ0n) is 17.1. The summed E-state index contributed by atoms with van der Waals surface area (Å²) >= 11 is 0. The SMILES string of the molecule is CCC(C)(Oc1cc(C(=O)OCCS(=O)(=O)[O-])ccc1C(F)(F)F)C1CC2CCC1O2. The number of hydrogen-bond donors (Lipinski definition) is 0. The van der Waals surface area contributed by atoms with Crippen molar-refractivity contribution in [3.63, 3.8) is 0 Å². The Morgan fingerprint density at radius 1 is 1.29 bits per heavy atom. The van der Waals surface area contributed by atoms with Gasteiger partial charge >= 0.3 is 12.1 Å². The van der Waals surface area contributed by atoms with E-state index in [4.69, 9.17) is 14.2 Å². The molecular formula is C20H24F3O7S-. The summed E-state index contributed by atoms with van der Waals surface area (Å²) in [7, 11) is -4.59. The van der Waals surface area contributed by atoms with Crippen molar-refractivity contribution in [3.8, 4) is 5.75 Å². The van der Waals surface area contributed by atoms with Crippen molar-refractivity contribution in [1.82, 2.24) is 0 Å². The number of halogens is 3. The van der Waals surface area contributed by atoms with E-state index in [1.165, 1.54) is 0 Å². The fraction of sp³-hybridized carbons (Fsp3) is 0.650. The summed E-state index contributed by atoms with van der Waals surface area (Å²) < 4.78 is 89.2. The smallest absolute Gasteiger partial charge is 0.419 e. The van der Waals surface area contributed by atoms with E-state index in [2.05, 4.69) is 0 Å². The molecule has 0 aromatic heterocycles. The van der Waals surface area contributed by atoms with Crippen LogP contribution in [0.5, 0.6) is 5.75 Å². The van der Waals surface area contributed by atoms with Crippen molar-refractivity contribution in [2.45, 2.75) is 63.5 Å². The molecule has 0 saturated carbocycles. The molecule has 2 aliphatic rings. The maximum atomic E-state index is 13.6. The molecule has 7 nitrogen and oxygen atoms in total. The van der Waals surface area contributed by atoms with Gasteiger partial charge in [-0.3, -0.25) is 0 Å². The molecule has 2 fully saturated rings. The van der Waals surface area contributed by atoms with Gasteiger partial charge in [0, 0.05) is 5.92 Å². The third kappa shape index (κ3) is 5.50. The summed E-state index contributed by atoms with van der Waals surface area (Å²) in [5.41, 5.74) is -2.22. The lowest BCUT2D eigenvalue weighted by Crippen LogP contribution is -2.45. The van der Waals surface area contributed by atoms with Gasteiger partial charge in [0.15, 0.2) is 0 Å². The number of carbonyl (C=O) groups is 1. The molecule has 2 bridgehead atoms. The van der Waals surface area contributed by atoms with Gasteiger partial charge in [0.2, 0.25) is 0 Å². The summed E-state index contributed by atoms with van der Waals surface area (Å²) in [5.74, 6) is -2.58. The van der Waals surface area contributed by atoms with Gasteiger partial charge in [-0.2, -0.15) is 13.2 Å². The Hall–Kier alpha value is -1.85. The maximum absolute atomic E-state index is 13.6. The number of fused-ring (bicyclic) bond motifs is 2. The first-order valence-electron chi connectivity index (χ1n) is 9.99. The Bertz CT molecular complexity index is 931. The van der Waals surface area contributed by atoms with Gasteiger partial charge < -0.3 is 18.8 Å². The fourth-order valence-corrected chi connectivity index (χ4v) is 4.52. The van der Waals surface area contributed by atoms with Crippen molar-refractivity contribution in [1.29, 1.82) is 0 Å². The van der Waals surface area contributed by atoms with Gasteiger partial charge in [0.25, 0.3) is 0 Å². The van der Waals surface area contributed by atoms with Crippen molar-refractivity contribution in [3.05, 3.63) is 29.3 Å². The Balaban J connectivity index is 1.86. The number of rotatable bonds is 8. The fourth-order valence-electron chi connectivity index (χ4n) is 4.23. The number of esters is 1. The molecule has 0 amide bonds. The summed E-state index contributed by atoms with van der Waals surface area (Å²) in [5, 5.41) is 0. The average molecular weight is 465 g/mol. The average Bonchev–Trinajstić information content (AvgIpc) is 3.29. The van der Waals surface area contributed by atoms with Crippen LogP contribution in [0.1, 0.15) is 55.5 Å². The molecule has 0 N–H and O–H groups in total. The van der Waals surface area contributed by atoms with Gasteiger partial charge in [0.1, 0.15) is 18.0 Å². The number of hydrogen-bond acceptors (Lipinski definition) is 7. The molecule has 1 aromatic rings. The molecule has 1 aromatic carbocycles.